The molecule has 0 bridgehead atoms. The molecule has 0 aromatic rings. The van der Waals surface area contributed by atoms with Gasteiger partial charge in [0.25, 0.3) is 0 Å². The van der Waals surface area contributed by atoms with Crippen LogP contribution in [0.4, 0.5) is 0 Å². The van der Waals surface area contributed by atoms with E-state index in [1.807, 2.05) is 13.8 Å². The second kappa shape index (κ2) is 4.49. The Hall–Kier alpha value is -0.610. The molecular weight excluding hydrogens is 192 g/mol. The van der Waals surface area contributed by atoms with Crippen molar-refractivity contribution in [2.45, 2.75) is 57.0 Å². The lowest BCUT2D eigenvalue weighted by Gasteiger charge is -2.43. The zero-order chi connectivity index (χ0) is 11.5. The first-order chi connectivity index (χ1) is 7.02. The van der Waals surface area contributed by atoms with E-state index in [9.17, 15) is 9.90 Å². The van der Waals surface area contributed by atoms with Gasteiger partial charge >= 0.3 is 0 Å². The van der Waals surface area contributed by atoms with E-state index in [0.29, 0.717) is 12.8 Å². The smallest absolute Gasteiger partial charge is 0.240 e. The number of carbonyl (C=O) groups is 1. The van der Waals surface area contributed by atoms with Crippen molar-refractivity contribution in [1.29, 1.82) is 0 Å². The molecule has 0 spiro atoms. The summed E-state index contributed by atoms with van der Waals surface area (Å²) in [6.45, 7) is 3.84. The molecule has 1 fully saturated rings. The van der Waals surface area contributed by atoms with Crippen LogP contribution in [0, 0.1) is 0 Å². The maximum atomic E-state index is 11.9. The molecule has 1 rings (SSSR count). The summed E-state index contributed by atoms with van der Waals surface area (Å²) < 4.78 is 0. The summed E-state index contributed by atoms with van der Waals surface area (Å²) >= 11 is 0. The fourth-order valence-electron chi connectivity index (χ4n) is 1.86. The summed E-state index contributed by atoms with van der Waals surface area (Å²) in [6.07, 6.45) is 4.03. The lowest BCUT2D eigenvalue weighted by Crippen LogP contribution is -2.63. The molecule has 1 amide bonds. The third-order valence-electron chi connectivity index (χ3n) is 3.71. The monoisotopic (exact) mass is 214 g/mol. The van der Waals surface area contributed by atoms with Gasteiger partial charge < -0.3 is 16.2 Å². The van der Waals surface area contributed by atoms with Gasteiger partial charge in [-0.25, -0.2) is 0 Å². The first-order valence-corrected chi connectivity index (χ1v) is 5.74. The fraction of sp³-hybridized carbons (Fsp3) is 0.909. The molecule has 0 unspecified atom stereocenters. The molecule has 0 aromatic heterocycles. The van der Waals surface area contributed by atoms with E-state index < -0.39 is 5.54 Å². The summed E-state index contributed by atoms with van der Waals surface area (Å²) in [5.41, 5.74) is 4.82. The van der Waals surface area contributed by atoms with Crippen molar-refractivity contribution in [2.24, 2.45) is 5.73 Å². The number of nitrogens with one attached hydrogen (secondary N) is 1. The average Bonchev–Trinajstić information content (AvgIpc) is 2.21. The van der Waals surface area contributed by atoms with Crippen LogP contribution in [0.2, 0.25) is 0 Å². The maximum absolute atomic E-state index is 11.9. The number of amides is 1. The molecule has 0 heterocycles. The third-order valence-corrected chi connectivity index (χ3v) is 3.71. The number of aliphatic hydroxyl groups is 1. The van der Waals surface area contributed by atoms with Crippen molar-refractivity contribution in [3.05, 3.63) is 0 Å². The second-order valence-electron chi connectivity index (χ2n) is 4.61. The van der Waals surface area contributed by atoms with Crippen LogP contribution in [0.3, 0.4) is 0 Å². The summed E-state index contributed by atoms with van der Waals surface area (Å²) in [5, 5.41) is 12.1. The minimum absolute atomic E-state index is 0.0161. The number of hydrogen-bond acceptors (Lipinski definition) is 3. The standard InChI is InChI=1S/C11H22N2O2/c1-3-11(12,4-2)9(15)13-10(8-14)6-5-7-10/h14H,3-8,12H2,1-2H3,(H,13,15). The van der Waals surface area contributed by atoms with Crippen LogP contribution in [0.5, 0.6) is 0 Å². The summed E-state index contributed by atoms with van der Waals surface area (Å²) in [4.78, 5) is 11.9. The zero-order valence-electron chi connectivity index (χ0n) is 9.68. The molecule has 0 aromatic carbocycles. The second-order valence-corrected chi connectivity index (χ2v) is 4.61. The number of rotatable bonds is 5. The predicted molar refractivity (Wildman–Crippen MR) is 59.3 cm³/mol. The first-order valence-electron chi connectivity index (χ1n) is 5.74. The lowest BCUT2D eigenvalue weighted by molar-refractivity contribution is -0.130. The van der Waals surface area contributed by atoms with Crippen molar-refractivity contribution < 1.29 is 9.90 Å². The van der Waals surface area contributed by atoms with Crippen LogP contribution < -0.4 is 11.1 Å². The molecule has 15 heavy (non-hydrogen) atoms. The minimum Gasteiger partial charge on any atom is -0.394 e. The van der Waals surface area contributed by atoms with Gasteiger partial charge in [0.1, 0.15) is 0 Å². The maximum Gasteiger partial charge on any atom is 0.240 e. The van der Waals surface area contributed by atoms with E-state index in [1.165, 1.54) is 0 Å². The summed E-state index contributed by atoms with van der Waals surface area (Å²) in [7, 11) is 0. The number of hydrogen-bond donors (Lipinski definition) is 3. The number of aliphatic hydroxyl groups excluding tert-OH is 1. The molecule has 0 aliphatic heterocycles. The van der Waals surface area contributed by atoms with E-state index in [0.717, 1.165) is 19.3 Å². The summed E-state index contributed by atoms with van der Waals surface area (Å²) in [6, 6.07) is 0. The topological polar surface area (TPSA) is 75.4 Å². The quantitative estimate of drug-likeness (QED) is 0.625. The molecule has 4 N–H and O–H groups in total. The normalized spacial score (nSPS) is 19.5. The van der Waals surface area contributed by atoms with Gasteiger partial charge in [-0.1, -0.05) is 13.8 Å². The van der Waals surface area contributed by atoms with E-state index in [-0.39, 0.29) is 18.1 Å². The van der Waals surface area contributed by atoms with Gasteiger partial charge in [-0.2, -0.15) is 0 Å². The van der Waals surface area contributed by atoms with Gasteiger partial charge in [0.2, 0.25) is 5.91 Å². The molecule has 1 aliphatic carbocycles. The van der Waals surface area contributed by atoms with Crippen LogP contribution in [-0.4, -0.2) is 28.7 Å². The number of carbonyl (C=O) groups excluding carboxylic acids is 1. The Morgan fingerprint density at radius 1 is 1.47 bits per heavy atom. The molecule has 4 nitrogen and oxygen atoms in total. The van der Waals surface area contributed by atoms with Crippen molar-refractivity contribution >= 4 is 5.91 Å². The third kappa shape index (κ3) is 2.32. The van der Waals surface area contributed by atoms with Crippen LogP contribution in [0.1, 0.15) is 46.0 Å². The van der Waals surface area contributed by atoms with E-state index in [2.05, 4.69) is 5.32 Å². The lowest BCUT2D eigenvalue weighted by atomic mass is 9.76. The van der Waals surface area contributed by atoms with Gasteiger partial charge in [-0.15, -0.1) is 0 Å². The Labute approximate surface area is 91.2 Å². The predicted octanol–water partition coefficient (Wildman–Crippen LogP) is 0.535. The van der Waals surface area contributed by atoms with Crippen LogP contribution in [0.15, 0.2) is 0 Å². The molecule has 88 valence electrons. The van der Waals surface area contributed by atoms with E-state index >= 15 is 0 Å². The number of nitrogens with two attached hydrogens (primary N) is 1. The Morgan fingerprint density at radius 2 is 2.00 bits per heavy atom. The highest BCUT2D eigenvalue weighted by Crippen LogP contribution is 2.31. The first kappa shape index (κ1) is 12.5. The molecular formula is C11H22N2O2. The van der Waals surface area contributed by atoms with Gasteiger partial charge in [0, 0.05) is 0 Å². The highest BCUT2D eigenvalue weighted by molar-refractivity contribution is 5.86. The molecule has 1 saturated carbocycles. The van der Waals surface area contributed by atoms with Gasteiger partial charge in [-0.3, -0.25) is 4.79 Å². The Bertz CT molecular complexity index is 227. The SMILES string of the molecule is CCC(N)(CC)C(=O)NC1(CO)CCC1. The average molecular weight is 214 g/mol. The van der Waals surface area contributed by atoms with Crippen LogP contribution in [-0.2, 0) is 4.79 Å². The fourth-order valence-corrected chi connectivity index (χ4v) is 1.86. The molecule has 0 saturated heterocycles. The summed E-state index contributed by atoms with van der Waals surface area (Å²) in [5.74, 6) is -0.124. The zero-order valence-corrected chi connectivity index (χ0v) is 9.68. The Morgan fingerprint density at radius 3 is 2.27 bits per heavy atom. The molecule has 0 atom stereocenters. The molecule has 4 heteroatoms. The van der Waals surface area contributed by atoms with Gasteiger partial charge in [0.05, 0.1) is 17.7 Å². The minimum atomic E-state index is -0.780. The molecule has 1 aliphatic rings. The van der Waals surface area contributed by atoms with Crippen LogP contribution in [0.25, 0.3) is 0 Å². The van der Waals surface area contributed by atoms with Crippen molar-refractivity contribution in [3.8, 4) is 0 Å². The van der Waals surface area contributed by atoms with E-state index in [4.69, 9.17) is 5.73 Å². The van der Waals surface area contributed by atoms with Gasteiger partial charge in [-0.05, 0) is 32.1 Å². The van der Waals surface area contributed by atoms with E-state index in [1.54, 1.807) is 0 Å². The largest absolute Gasteiger partial charge is 0.394 e. The van der Waals surface area contributed by atoms with Crippen molar-refractivity contribution in [1.82, 2.24) is 5.32 Å². The van der Waals surface area contributed by atoms with Crippen molar-refractivity contribution in [2.75, 3.05) is 6.61 Å². The molecule has 0 radical (unpaired) electrons. The highest BCUT2D eigenvalue weighted by Gasteiger charge is 2.41. The highest BCUT2D eigenvalue weighted by atomic mass is 16.3. The Kier molecular flexibility index (Phi) is 3.73. The van der Waals surface area contributed by atoms with Crippen molar-refractivity contribution in [3.63, 3.8) is 0 Å². The van der Waals surface area contributed by atoms with Crippen LogP contribution >= 0.6 is 0 Å². The Balaban J connectivity index is 2.61. The van der Waals surface area contributed by atoms with Gasteiger partial charge in [0.15, 0.2) is 0 Å².